The van der Waals surface area contributed by atoms with Crippen LogP contribution in [-0.4, -0.2) is 74.1 Å². The molecule has 1 saturated heterocycles. The summed E-state index contributed by atoms with van der Waals surface area (Å²) in [6.07, 6.45) is 2.40. The van der Waals surface area contributed by atoms with Crippen molar-refractivity contribution in [2.45, 2.75) is 25.8 Å². The molecule has 5 nitrogen and oxygen atoms in total. The van der Waals surface area contributed by atoms with Gasteiger partial charge in [-0.2, -0.15) is 0 Å². The maximum Gasteiger partial charge on any atom is 0.321 e. The Morgan fingerprint density at radius 2 is 1.96 bits per heavy atom. The Hall–Kier alpha value is -1.30. The molecule has 0 saturated carbocycles. The van der Waals surface area contributed by atoms with Crippen LogP contribution in [0.1, 0.15) is 18.4 Å². The van der Waals surface area contributed by atoms with Crippen molar-refractivity contribution >= 4 is 23.3 Å². The Kier molecular flexibility index (Phi) is 6.90. The molecular formula is C18H29ClN4O. The van der Waals surface area contributed by atoms with Crippen LogP contribution in [0.4, 0.5) is 10.5 Å². The second kappa shape index (κ2) is 8.70. The summed E-state index contributed by atoms with van der Waals surface area (Å²) in [6, 6.07) is 6.08. The van der Waals surface area contributed by atoms with E-state index < -0.39 is 0 Å². The van der Waals surface area contributed by atoms with E-state index >= 15 is 0 Å². The minimum atomic E-state index is -0.105. The lowest BCUT2D eigenvalue weighted by atomic mass is 10.0. The molecular weight excluding hydrogens is 324 g/mol. The van der Waals surface area contributed by atoms with Gasteiger partial charge in [0.1, 0.15) is 0 Å². The van der Waals surface area contributed by atoms with E-state index in [0.717, 1.165) is 30.9 Å². The van der Waals surface area contributed by atoms with Crippen molar-refractivity contribution in [1.29, 1.82) is 0 Å². The van der Waals surface area contributed by atoms with Crippen LogP contribution < -0.4 is 5.32 Å². The van der Waals surface area contributed by atoms with E-state index in [-0.39, 0.29) is 6.03 Å². The molecule has 0 unspecified atom stereocenters. The van der Waals surface area contributed by atoms with E-state index in [2.05, 4.69) is 29.2 Å². The highest BCUT2D eigenvalue weighted by Crippen LogP contribution is 2.20. The van der Waals surface area contributed by atoms with Gasteiger partial charge in [-0.1, -0.05) is 17.7 Å². The Morgan fingerprint density at radius 3 is 2.58 bits per heavy atom. The van der Waals surface area contributed by atoms with Gasteiger partial charge >= 0.3 is 6.03 Å². The monoisotopic (exact) mass is 352 g/mol. The molecule has 1 aromatic rings. The summed E-state index contributed by atoms with van der Waals surface area (Å²) in [5, 5.41) is 3.56. The van der Waals surface area contributed by atoms with Crippen molar-refractivity contribution in [3.05, 3.63) is 28.8 Å². The normalized spacial score (nSPS) is 16.4. The number of anilines is 1. The fraction of sp³-hybridized carbons (Fsp3) is 0.611. The Balaban J connectivity index is 1.77. The second-order valence-corrected chi connectivity index (χ2v) is 7.24. The van der Waals surface area contributed by atoms with Crippen molar-refractivity contribution in [2.24, 2.45) is 0 Å². The van der Waals surface area contributed by atoms with E-state index in [1.54, 1.807) is 11.0 Å². The number of carbonyl (C=O) groups excluding carboxylic acids is 1. The number of nitrogens with zero attached hydrogens (tertiary/aromatic N) is 3. The first-order valence-electron chi connectivity index (χ1n) is 8.54. The Bertz CT molecular complexity index is 558. The van der Waals surface area contributed by atoms with Crippen LogP contribution in [-0.2, 0) is 0 Å². The first-order chi connectivity index (χ1) is 11.4. The van der Waals surface area contributed by atoms with Gasteiger partial charge in [0.15, 0.2) is 0 Å². The van der Waals surface area contributed by atoms with Gasteiger partial charge in [0, 0.05) is 36.9 Å². The first-order valence-corrected chi connectivity index (χ1v) is 8.91. The molecule has 2 amide bonds. The molecule has 0 bridgehead atoms. The molecule has 0 aromatic heterocycles. The topological polar surface area (TPSA) is 38.8 Å². The van der Waals surface area contributed by atoms with Crippen LogP contribution in [0.2, 0.25) is 5.02 Å². The molecule has 1 heterocycles. The third-order valence-electron chi connectivity index (χ3n) is 4.87. The van der Waals surface area contributed by atoms with Gasteiger partial charge in [0.25, 0.3) is 0 Å². The lowest BCUT2D eigenvalue weighted by Crippen LogP contribution is -2.45. The number of urea groups is 1. The van der Waals surface area contributed by atoms with Crippen molar-refractivity contribution < 1.29 is 4.79 Å². The predicted molar refractivity (Wildman–Crippen MR) is 101 cm³/mol. The highest BCUT2D eigenvalue weighted by atomic mass is 35.5. The molecule has 1 aliphatic rings. The molecule has 134 valence electrons. The fourth-order valence-corrected chi connectivity index (χ4v) is 3.10. The summed E-state index contributed by atoms with van der Waals surface area (Å²) in [6.45, 7) is 5.83. The average molecular weight is 353 g/mol. The summed E-state index contributed by atoms with van der Waals surface area (Å²) in [4.78, 5) is 18.8. The third kappa shape index (κ3) is 5.36. The van der Waals surface area contributed by atoms with Gasteiger partial charge in [-0.25, -0.2) is 4.79 Å². The van der Waals surface area contributed by atoms with Crippen LogP contribution >= 0.6 is 11.6 Å². The molecule has 24 heavy (non-hydrogen) atoms. The van der Waals surface area contributed by atoms with Crippen LogP contribution in [0.3, 0.4) is 0 Å². The number of rotatable bonds is 5. The molecule has 1 aromatic carbocycles. The maximum atomic E-state index is 12.3. The van der Waals surface area contributed by atoms with E-state index in [9.17, 15) is 4.79 Å². The number of aryl methyl sites for hydroxylation is 1. The van der Waals surface area contributed by atoms with Gasteiger partial charge in [0.2, 0.25) is 0 Å². The zero-order valence-electron chi connectivity index (χ0n) is 15.2. The summed E-state index contributed by atoms with van der Waals surface area (Å²) < 4.78 is 0. The first kappa shape index (κ1) is 19.0. The summed E-state index contributed by atoms with van der Waals surface area (Å²) in [5.74, 6) is 0. The van der Waals surface area contributed by atoms with E-state index in [0.29, 0.717) is 17.6 Å². The summed E-state index contributed by atoms with van der Waals surface area (Å²) in [7, 11) is 6.15. The minimum absolute atomic E-state index is 0.105. The number of hydrogen-bond donors (Lipinski definition) is 1. The summed E-state index contributed by atoms with van der Waals surface area (Å²) in [5.41, 5.74) is 1.73. The fourth-order valence-electron chi connectivity index (χ4n) is 2.92. The van der Waals surface area contributed by atoms with Crippen LogP contribution in [0, 0.1) is 6.92 Å². The molecule has 0 atom stereocenters. The number of likely N-dealkylation sites (N-methyl/N-ethyl adjacent to an activating group) is 2. The maximum absolute atomic E-state index is 12.3. The Morgan fingerprint density at radius 1 is 1.29 bits per heavy atom. The number of amides is 2. The number of halogens is 1. The van der Waals surface area contributed by atoms with E-state index in [1.165, 1.54) is 12.8 Å². The number of carbonyl (C=O) groups is 1. The quantitative estimate of drug-likeness (QED) is 0.884. The zero-order chi connectivity index (χ0) is 17.7. The van der Waals surface area contributed by atoms with Gasteiger partial charge in [0.05, 0.1) is 0 Å². The number of likely N-dealkylation sites (tertiary alicyclic amines) is 1. The molecule has 1 fully saturated rings. The number of benzene rings is 1. The lowest BCUT2D eigenvalue weighted by molar-refractivity contribution is 0.136. The molecule has 2 rings (SSSR count). The predicted octanol–water partition coefficient (Wildman–Crippen LogP) is 3.14. The number of nitrogens with one attached hydrogen (secondary N) is 1. The van der Waals surface area contributed by atoms with E-state index in [1.807, 2.05) is 26.1 Å². The van der Waals surface area contributed by atoms with E-state index in [4.69, 9.17) is 11.6 Å². The molecule has 1 aliphatic heterocycles. The van der Waals surface area contributed by atoms with Crippen molar-refractivity contribution in [3.8, 4) is 0 Å². The smallest absolute Gasteiger partial charge is 0.321 e. The van der Waals surface area contributed by atoms with Gasteiger partial charge in [-0.3, -0.25) is 0 Å². The van der Waals surface area contributed by atoms with Crippen molar-refractivity contribution in [1.82, 2.24) is 14.7 Å². The SMILES string of the molecule is Cc1ccc(NC(=O)N(C)CCN(C)C2CCN(C)CC2)cc1Cl. The van der Waals surface area contributed by atoms with Gasteiger partial charge < -0.3 is 20.0 Å². The Labute approximate surface area is 150 Å². The van der Waals surface area contributed by atoms with Gasteiger partial charge in [-0.05, 0) is 64.6 Å². The van der Waals surface area contributed by atoms with Gasteiger partial charge in [-0.15, -0.1) is 0 Å². The largest absolute Gasteiger partial charge is 0.326 e. The highest BCUT2D eigenvalue weighted by molar-refractivity contribution is 6.31. The standard InChI is InChI=1S/C18H29ClN4O/c1-14-5-6-15(13-17(14)19)20-18(24)23(4)12-11-22(3)16-7-9-21(2)10-8-16/h5-6,13,16H,7-12H2,1-4H3,(H,20,24). The molecule has 0 radical (unpaired) electrons. The van der Waals surface area contributed by atoms with Crippen LogP contribution in [0.15, 0.2) is 18.2 Å². The molecule has 1 N–H and O–H groups in total. The minimum Gasteiger partial charge on any atom is -0.326 e. The van der Waals surface area contributed by atoms with Crippen LogP contribution in [0.5, 0.6) is 0 Å². The average Bonchev–Trinajstić information content (AvgIpc) is 2.56. The molecule has 0 aliphatic carbocycles. The van der Waals surface area contributed by atoms with Crippen LogP contribution in [0.25, 0.3) is 0 Å². The third-order valence-corrected chi connectivity index (χ3v) is 5.28. The number of hydrogen-bond acceptors (Lipinski definition) is 3. The second-order valence-electron chi connectivity index (χ2n) is 6.83. The van der Waals surface area contributed by atoms with Crippen molar-refractivity contribution in [3.63, 3.8) is 0 Å². The lowest BCUT2D eigenvalue weighted by Gasteiger charge is -2.35. The van der Waals surface area contributed by atoms with Crippen molar-refractivity contribution in [2.75, 3.05) is 52.6 Å². The summed E-state index contributed by atoms with van der Waals surface area (Å²) >= 11 is 6.10. The molecule has 0 spiro atoms. The highest BCUT2D eigenvalue weighted by Gasteiger charge is 2.21. The molecule has 6 heteroatoms. The zero-order valence-corrected chi connectivity index (χ0v) is 15.9. The number of piperidine rings is 1.